The molecule has 0 saturated carbocycles. The molecule has 1 aliphatic heterocycles. The Morgan fingerprint density at radius 3 is 2.64 bits per heavy atom. The summed E-state index contributed by atoms with van der Waals surface area (Å²) in [4.78, 5) is 28.5. The number of allylic oxidation sites excluding steroid dienone is 1. The van der Waals surface area contributed by atoms with E-state index in [9.17, 15) is 9.59 Å². The third kappa shape index (κ3) is 4.75. The minimum atomic E-state index is -0.0573. The molecule has 0 radical (unpaired) electrons. The van der Waals surface area contributed by atoms with E-state index in [1.807, 2.05) is 35.4 Å². The quantitative estimate of drug-likeness (QED) is 0.435. The number of hydrogen-bond acceptors (Lipinski definition) is 3. The molecule has 134 valence electrons. The summed E-state index contributed by atoms with van der Waals surface area (Å²) in [6, 6.07) is 7.84. The molecule has 1 unspecified atom stereocenters. The average molecular weight is 358 g/mol. The van der Waals surface area contributed by atoms with Crippen LogP contribution >= 0.6 is 11.8 Å². The van der Waals surface area contributed by atoms with Gasteiger partial charge in [0.25, 0.3) is 0 Å². The van der Waals surface area contributed by atoms with Crippen molar-refractivity contribution in [1.82, 2.24) is 4.90 Å². The molecule has 25 heavy (non-hydrogen) atoms. The number of carbonyl (C=O) groups is 2. The second kappa shape index (κ2) is 8.70. The van der Waals surface area contributed by atoms with Gasteiger partial charge in [0, 0.05) is 35.9 Å². The summed E-state index contributed by atoms with van der Waals surface area (Å²) in [6.45, 7) is 1.37. The molecule has 0 N–H and O–H groups in total. The molecule has 0 bridgehead atoms. The minimum absolute atomic E-state index is 0.0573. The van der Waals surface area contributed by atoms with Gasteiger partial charge in [0.2, 0.25) is 5.91 Å². The van der Waals surface area contributed by atoms with Crippen molar-refractivity contribution in [2.24, 2.45) is 5.92 Å². The number of ketones is 1. The molecular formula is C21H27NO2S. The van der Waals surface area contributed by atoms with Crippen LogP contribution in [0, 0.1) is 5.92 Å². The molecule has 1 amide bonds. The second-order valence-corrected chi connectivity index (χ2v) is 7.94. The van der Waals surface area contributed by atoms with Crippen molar-refractivity contribution in [1.29, 1.82) is 0 Å². The number of likely N-dealkylation sites (tertiary alicyclic amines) is 1. The van der Waals surface area contributed by atoms with Crippen LogP contribution < -0.4 is 0 Å². The fourth-order valence-corrected chi connectivity index (χ4v) is 4.19. The lowest BCUT2D eigenvalue weighted by Crippen LogP contribution is -2.42. The molecule has 3 rings (SSSR count). The van der Waals surface area contributed by atoms with Crippen LogP contribution in [0.25, 0.3) is 0 Å². The van der Waals surface area contributed by atoms with E-state index in [2.05, 4.69) is 6.08 Å². The van der Waals surface area contributed by atoms with E-state index in [1.54, 1.807) is 11.8 Å². The molecule has 1 fully saturated rings. The van der Waals surface area contributed by atoms with Crippen LogP contribution in [0.2, 0.25) is 0 Å². The van der Waals surface area contributed by atoms with Gasteiger partial charge in [0.05, 0.1) is 0 Å². The first-order valence-electron chi connectivity index (χ1n) is 9.31. The van der Waals surface area contributed by atoms with Crippen LogP contribution in [-0.4, -0.2) is 35.9 Å². The van der Waals surface area contributed by atoms with E-state index in [0.29, 0.717) is 13.0 Å². The van der Waals surface area contributed by atoms with Crippen molar-refractivity contribution in [3.8, 4) is 0 Å². The molecule has 1 heterocycles. The standard InChI is InChI=1S/C21H27NO2S/c1-25-19-11-9-17(10-12-19)21(24)18-8-5-13-22(15-18)20(23)14-16-6-3-2-4-7-16/h6,9-12,18H,2-5,7-8,13-15H2,1H3. The van der Waals surface area contributed by atoms with Gasteiger partial charge >= 0.3 is 0 Å². The maximum Gasteiger partial charge on any atom is 0.226 e. The zero-order valence-corrected chi connectivity index (χ0v) is 15.8. The van der Waals surface area contributed by atoms with E-state index >= 15 is 0 Å². The van der Waals surface area contributed by atoms with Gasteiger partial charge in [-0.05, 0) is 56.9 Å². The molecule has 1 aliphatic carbocycles. The van der Waals surface area contributed by atoms with E-state index in [0.717, 1.165) is 42.7 Å². The second-order valence-electron chi connectivity index (χ2n) is 7.06. The molecule has 0 aromatic heterocycles. The smallest absolute Gasteiger partial charge is 0.226 e. The summed E-state index contributed by atoms with van der Waals surface area (Å²) in [5, 5.41) is 0. The number of hydrogen-bond donors (Lipinski definition) is 0. The number of amides is 1. The van der Waals surface area contributed by atoms with Crippen molar-refractivity contribution in [3.05, 3.63) is 41.5 Å². The van der Waals surface area contributed by atoms with E-state index in [1.165, 1.54) is 18.4 Å². The van der Waals surface area contributed by atoms with Gasteiger partial charge in [-0.2, -0.15) is 0 Å². The topological polar surface area (TPSA) is 37.4 Å². The van der Waals surface area contributed by atoms with Crippen LogP contribution in [0.1, 0.15) is 55.3 Å². The van der Waals surface area contributed by atoms with Crippen molar-refractivity contribution in [3.63, 3.8) is 0 Å². The third-order valence-electron chi connectivity index (χ3n) is 5.28. The summed E-state index contributed by atoms with van der Waals surface area (Å²) in [7, 11) is 0. The van der Waals surface area contributed by atoms with Gasteiger partial charge in [0.15, 0.2) is 5.78 Å². The average Bonchev–Trinajstić information content (AvgIpc) is 2.68. The molecule has 2 aliphatic rings. The predicted octanol–water partition coefficient (Wildman–Crippen LogP) is 4.72. The van der Waals surface area contributed by atoms with Crippen molar-refractivity contribution in [2.45, 2.75) is 49.8 Å². The lowest BCUT2D eigenvalue weighted by atomic mass is 9.89. The molecule has 3 nitrogen and oxygen atoms in total. The molecule has 1 aromatic carbocycles. The Labute approximate surface area is 154 Å². The number of benzene rings is 1. The van der Waals surface area contributed by atoms with Gasteiger partial charge < -0.3 is 4.90 Å². The summed E-state index contributed by atoms with van der Waals surface area (Å²) < 4.78 is 0. The lowest BCUT2D eigenvalue weighted by molar-refractivity contribution is -0.131. The van der Waals surface area contributed by atoms with Crippen LogP contribution in [-0.2, 0) is 4.79 Å². The third-order valence-corrected chi connectivity index (χ3v) is 6.03. The first-order valence-corrected chi connectivity index (χ1v) is 10.5. The Balaban J connectivity index is 1.60. The monoisotopic (exact) mass is 357 g/mol. The summed E-state index contributed by atoms with van der Waals surface area (Å²) in [5.41, 5.74) is 2.06. The molecule has 1 saturated heterocycles. The summed E-state index contributed by atoms with van der Waals surface area (Å²) in [5.74, 6) is 0.323. The Morgan fingerprint density at radius 1 is 1.16 bits per heavy atom. The molecule has 1 aromatic rings. The van der Waals surface area contributed by atoms with Crippen LogP contribution in [0.15, 0.2) is 40.8 Å². The van der Waals surface area contributed by atoms with Crippen LogP contribution in [0.4, 0.5) is 0 Å². The van der Waals surface area contributed by atoms with Crippen LogP contribution in [0.3, 0.4) is 0 Å². The van der Waals surface area contributed by atoms with Gasteiger partial charge in [-0.15, -0.1) is 11.8 Å². The normalized spacial score (nSPS) is 20.9. The fraction of sp³-hybridized carbons (Fsp3) is 0.524. The molecule has 0 spiro atoms. The first-order chi connectivity index (χ1) is 12.2. The first kappa shape index (κ1) is 18.2. The number of thioether (sulfide) groups is 1. The number of rotatable bonds is 5. The van der Waals surface area contributed by atoms with Crippen molar-refractivity contribution < 1.29 is 9.59 Å². The Morgan fingerprint density at radius 2 is 1.96 bits per heavy atom. The van der Waals surface area contributed by atoms with Crippen molar-refractivity contribution >= 4 is 23.5 Å². The minimum Gasteiger partial charge on any atom is -0.342 e. The maximum atomic E-state index is 12.8. The summed E-state index contributed by atoms with van der Waals surface area (Å²) >= 11 is 1.68. The lowest BCUT2D eigenvalue weighted by Gasteiger charge is -2.32. The number of piperidine rings is 1. The Hall–Kier alpha value is -1.55. The van der Waals surface area contributed by atoms with E-state index in [4.69, 9.17) is 0 Å². The van der Waals surface area contributed by atoms with Crippen LogP contribution in [0.5, 0.6) is 0 Å². The van der Waals surface area contributed by atoms with Crippen molar-refractivity contribution in [2.75, 3.05) is 19.3 Å². The van der Waals surface area contributed by atoms with Gasteiger partial charge in [-0.1, -0.05) is 23.8 Å². The predicted molar refractivity (Wildman–Crippen MR) is 103 cm³/mol. The highest BCUT2D eigenvalue weighted by Gasteiger charge is 2.29. The van der Waals surface area contributed by atoms with E-state index < -0.39 is 0 Å². The Bertz CT molecular complexity index is 650. The SMILES string of the molecule is CSc1ccc(C(=O)C2CCCN(C(=O)CC3=CCCCC3)C2)cc1. The van der Waals surface area contributed by atoms with Gasteiger partial charge in [-0.3, -0.25) is 9.59 Å². The van der Waals surface area contributed by atoms with Gasteiger partial charge in [-0.25, -0.2) is 0 Å². The molecule has 4 heteroatoms. The number of Topliss-reactive ketones (excluding diaryl/α,β-unsaturated/α-hetero) is 1. The Kier molecular flexibility index (Phi) is 6.35. The highest BCUT2D eigenvalue weighted by atomic mass is 32.2. The summed E-state index contributed by atoms with van der Waals surface area (Å²) in [6.07, 6.45) is 11.2. The fourth-order valence-electron chi connectivity index (χ4n) is 3.78. The zero-order chi connectivity index (χ0) is 17.6. The van der Waals surface area contributed by atoms with E-state index in [-0.39, 0.29) is 17.6 Å². The van der Waals surface area contributed by atoms with Gasteiger partial charge in [0.1, 0.15) is 0 Å². The number of carbonyl (C=O) groups excluding carboxylic acids is 2. The molecular weight excluding hydrogens is 330 g/mol. The largest absolute Gasteiger partial charge is 0.342 e. The highest BCUT2D eigenvalue weighted by Crippen LogP contribution is 2.25. The highest BCUT2D eigenvalue weighted by molar-refractivity contribution is 7.98. The maximum absolute atomic E-state index is 12.8. The molecule has 1 atom stereocenters. The number of nitrogens with zero attached hydrogens (tertiary/aromatic N) is 1. The zero-order valence-electron chi connectivity index (χ0n) is 15.0.